The molecule has 0 heterocycles. The molecule has 0 saturated carbocycles. The minimum absolute atomic E-state index is 0.309. The summed E-state index contributed by atoms with van der Waals surface area (Å²) >= 11 is 3.40. The predicted molar refractivity (Wildman–Crippen MR) is 76.5 cm³/mol. The molecule has 0 aliphatic carbocycles. The van der Waals surface area contributed by atoms with Crippen molar-refractivity contribution in [1.82, 2.24) is 0 Å². The van der Waals surface area contributed by atoms with Crippen molar-refractivity contribution in [2.45, 2.75) is 0 Å². The van der Waals surface area contributed by atoms with Crippen molar-refractivity contribution >= 4 is 34.1 Å². The van der Waals surface area contributed by atoms with Gasteiger partial charge in [0.15, 0.2) is 0 Å². The Hall–Kier alpha value is -1.87. The molecule has 0 atom stereocenters. The van der Waals surface area contributed by atoms with Gasteiger partial charge < -0.3 is 5.11 Å². The third-order valence-electron chi connectivity index (χ3n) is 2.50. The maximum absolute atomic E-state index is 11.0. The fraction of sp³-hybridized carbons (Fsp3) is 0. The van der Waals surface area contributed by atoms with Gasteiger partial charge in [0.1, 0.15) is 0 Å². The molecule has 0 bridgehead atoms. The molecule has 2 aromatic rings. The van der Waals surface area contributed by atoms with Crippen LogP contribution in [0.3, 0.4) is 0 Å². The van der Waals surface area contributed by atoms with E-state index < -0.39 is 5.97 Å². The van der Waals surface area contributed by atoms with Gasteiger partial charge in [-0.3, -0.25) is 0 Å². The second-order valence-electron chi connectivity index (χ2n) is 3.78. The number of carbonyl (C=O) groups is 1. The molecule has 0 fully saturated rings. The molecule has 1 N–H and O–H groups in total. The lowest BCUT2D eigenvalue weighted by Gasteiger charge is -2.00. The summed E-state index contributed by atoms with van der Waals surface area (Å²) < 4.78 is 0.996. The largest absolute Gasteiger partial charge is 0.478 e. The average molecular weight is 303 g/mol. The Morgan fingerprint density at radius 2 is 1.83 bits per heavy atom. The number of carboxylic acids is 1. The first-order valence-corrected chi connectivity index (χ1v) is 6.22. The summed E-state index contributed by atoms with van der Waals surface area (Å²) in [6.07, 6.45) is 3.71. The highest BCUT2D eigenvalue weighted by molar-refractivity contribution is 9.10. The van der Waals surface area contributed by atoms with E-state index in [1.54, 1.807) is 18.2 Å². The van der Waals surface area contributed by atoms with Crippen LogP contribution in [-0.4, -0.2) is 11.1 Å². The first-order chi connectivity index (χ1) is 8.66. The molecule has 3 heteroatoms. The summed E-state index contributed by atoms with van der Waals surface area (Å²) in [4.78, 5) is 11.0. The van der Waals surface area contributed by atoms with Crippen molar-refractivity contribution in [1.29, 1.82) is 0 Å². The molecule has 0 unspecified atom stereocenters. The summed E-state index contributed by atoms with van der Waals surface area (Å²) in [6.45, 7) is 0. The van der Waals surface area contributed by atoms with Crippen molar-refractivity contribution in [3.05, 3.63) is 69.7 Å². The lowest BCUT2D eigenvalue weighted by Crippen LogP contribution is -1.98. The summed E-state index contributed by atoms with van der Waals surface area (Å²) in [5, 5.41) is 9.07. The van der Waals surface area contributed by atoms with Crippen LogP contribution in [0.1, 0.15) is 21.5 Å². The summed E-state index contributed by atoms with van der Waals surface area (Å²) in [7, 11) is 0. The fourth-order valence-electron chi connectivity index (χ4n) is 1.63. The van der Waals surface area contributed by atoms with Crippen molar-refractivity contribution in [2.75, 3.05) is 0 Å². The van der Waals surface area contributed by atoms with Gasteiger partial charge in [0.25, 0.3) is 0 Å². The van der Waals surface area contributed by atoms with Crippen LogP contribution in [0, 0.1) is 0 Å². The number of rotatable bonds is 3. The summed E-state index contributed by atoms with van der Waals surface area (Å²) in [6, 6.07) is 14.8. The van der Waals surface area contributed by atoms with Gasteiger partial charge in [0.05, 0.1) is 5.56 Å². The normalized spacial score (nSPS) is 10.7. The van der Waals surface area contributed by atoms with Crippen LogP contribution in [0.25, 0.3) is 12.2 Å². The second kappa shape index (κ2) is 5.65. The van der Waals surface area contributed by atoms with Crippen LogP contribution in [0.4, 0.5) is 0 Å². The first kappa shape index (κ1) is 12.6. The van der Waals surface area contributed by atoms with Gasteiger partial charge in [0, 0.05) is 4.47 Å². The maximum atomic E-state index is 11.0. The average Bonchev–Trinajstić information content (AvgIpc) is 2.37. The first-order valence-electron chi connectivity index (χ1n) is 5.43. The van der Waals surface area contributed by atoms with Gasteiger partial charge in [-0.2, -0.15) is 0 Å². The lowest BCUT2D eigenvalue weighted by atomic mass is 10.1. The van der Waals surface area contributed by atoms with Gasteiger partial charge in [-0.25, -0.2) is 4.79 Å². The van der Waals surface area contributed by atoms with Crippen LogP contribution in [0.15, 0.2) is 53.0 Å². The monoisotopic (exact) mass is 302 g/mol. The van der Waals surface area contributed by atoms with Gasteiger partial charge in [-0.1, -0.05) is 58.4 Å². The Morgan fingerprint density at radius 3 is 2.56 bits per heavy atom. The molecular formula is C15H11BrO2. The van der Waals surface area contributed by atoms with E-state index in [1.807, 2.05) is 42.5 Å². The third-order valence-corrected chi connectivity index (χ3v) is 2.99. The van der Waals surface area contributed by atoms with E-state index in [9.17, 15) is 4.79 Å². The van der Waals surface area contributed by atoms with E-state index in [2.05, 4.69) is 15.9 Å². The molecule has 18 heavy (non-hydrogen) atoms. The maximum Gasteiger partial charge on any atom is 0.336 e. The van der Waals surface area contributed by atoms with Gasteiger partial charge in [-0.15, -0.1) is 0 Å². The van der Waals surface area contributed by atoms with Gasteiger partial charge in [-0.05, 0) is 29.3 Å². The van der Waals surface area contributed by atoms with Crippen LogP contribution in [0.2, 0.25) is 0 Å². The number of hydrogen-bond acceptors (Lipinski definition) is 1. The topological polar surface area (TPSA) is 37.3 Å². The molecule has 90 valence electrons. The van der Waals surface area contributed by atoms with Crippen LogP contribution < -0.4 is 0 Å². The SMILES string of the molecule is O=C(O)c1ccccc1C=Cc1cccc(Br)c1. The van der Waals surface area contributed by atoms with E-state index in [4.69, 9.17) is 5.11 Å². The lowest BCUT2D eigenvalue weighted by molar-refractivity contribution is 0.0696. The van der Waals surface area contributed by atoms with E-state index in [-0.39, 0.29) is 0 Å². The molecule has 0 spiro atoms. The van der Waals surface area contributed by atoms with E-state index in [0.717, 1.165) is 10.0 Å². The van der Waals surface area contributed by atoms with E-state index in [0.29, 0.717) is 11.1 Å². The van der Waals surface area contributed by atoms with Crippen LogP contribution >= 0.6 is 15.9 Å². The molecular weight excluding hydrogens is 292 g/mol. The standard InChI is InChI=1S/C15H11BrO2/c16-13-6-3-4-11(10-13)8-9-12-5-1-2-7-14(12)15(17)18/h1-10H,(H,17,18). The van der Waals surface area contributed by atoms with Gasteiger partial charge >= 0.3 is 5.97 Å². The summed E-state index contributed by atoms with van der Waals surface area (Å²) in [5.74, 6) is -0.913. The van der Waals surface area contributed by atoms with Crippen LogP contribution in [-0.2, 0) is 0 Å². The van der Waals surface area contributed by atoms with E-state index >= 15 is 0 Å². The van der Waals surface area contributed by atoms with Crippen molar-refractivity contribution in [3.8, 4) is 0 Å². The Bertz CT molecular complexity index is 603. The Balaban J connectivity index is 2.32. The summed E-state index contributed by atoms with van der Waals surface area (Å²) in [5.41, 5.74) is 2.03. The number of halogens is 1. The molecule has 0 radical (unpaired) electrons. The second-order valence-corrected chi connectivity index (χ2v) is 4.70. The van der Waals surface area contributed by atoms with Crippen molar-refractivity contribution in [3.63, 3.8) is 0 Å². The fourth-order valence-corrected chi connectivity index (χ4v) is 2.05. The Kier molecular flexibility index (Phi) is 3.95. The number of carboxylic acid groups (broad SMARTS) is 1. The number of hydrogen-bond donors (Lipinski definition) is 1. The zero-order valence-electron chi connectivity index (χ0n) is 9.51. The highest BCUT2D eigenvalue weighted by atomic mass is 79.9. The van der Waals surface area contributed by atoms with Gasteiger partial charge in [0.2, 0.25) is 0 Å². The number of aromatic carboxylic acids is 1. The number of benzene rings is 2. The molecule has 0 aliphatic heterocycles. The molecule has 2 nitrogen and oxygen atoms in total. The third kappa shape index (κ3) is 3.08. The minimum Gasteiger partial charge on any atom is -0.478 e. The highest BCUT2D eigenvalue weighted by Crippen LogP contribution is 2.16. The van der Waals surface area contributed by atoms with Crippen LogP contribution in [0.5, 0.6) is 0 Å². The molecule has 0 amide bonds. The molecule has 0 saturated heterocycles. The molecule has 0 aromatic heterocycles. The molecule has 2 rings (SSSR count). The molecule has 2 aromatic carbocycles. The minimum atomic E-state index is -0.913. The molecule has 0 aliphatic rings. The van der Waals surface area contributed by atoms with Crippen molar-refractivity contribution < 1.29 is 9.90 Å². The van der Waals surface area contributed by atoms with E-state index in [1.165, 1.54) is 0 Å². The quantitative estimate of drug-likeness (QED) is 0.858. The Labute approximate surface area is 114 Å². The highest BCUT2D eigenvalue weighted by Gasteiger charge is 2.05. The predicted octanol–water partition coefficient (Wildman–Crippen LogP) is 4.32. The Morgan fingerprint density at radius 1 is 1.06 bits per heavy atom. The van der Waals surface area contributed by atoms with Crippen molar-refractivity contribution in [2.24, 2.45) is 0 Å². The smallest absolute Gasteiger partial charge is 0.336 e. The zero-order valence-corrected chi connectivity index (χ0v) is 11.1. The zero-order chi connectivity index (χ0) is 13.0.